The first-order valence-electron chi connectivity index (χ1n) is 21.2. The van der Waals surface area contributed by atoms with Gasteiger partial charge in [0.2, 0.25) is 5.91 Å². The summed E-state index contributed by atoms with van der Waals surface area (Å²) in [5, 5.41) is 23.9. The monoisotopic (exact) mass is 757 g/mol. The van der Waals surface area contributed by atoms with Gasteiger partial charge in [-0.2, -0.15) is 0 Å². The van der Waals surface area contributed by atoms with Crippen molar-refractivity contribution < 1.29 is 33.5 Å². The quantitative estimate of drug-likeness (QED) is 0.0236. The molecule has 6 N–H and O–H groups in total. The molecular formula is C42H81N2O7P. The second-order valence-corrected chi connectivity index (χ2v) is 15.8. The van der Waals surface area contributed by atoms with Gasteiger partial charge in [-0.25, -0.2) is 4.57 Å². The fourth-order valence-electron chi connectivity index (χ4n) is 6.03. The lowest BCUT2D eigenvalue weighted by atomic mass is 10.0. The van der Waals surface area contributed by atoms with E-state index in [1.54, 1.807) is 6.08 Å². The predicted octanol–water partition coefficient (Wildman–Crippen LogP) is 10.5. The number of nitrogens with two attached hydrogens (primary N) is 1. The van der Waals surface area contributed by atoms with E-state index in [-0.39, 0.29) is 19.6 Å². The van der Waals surface area contributed by atoms with Gasteiger partial charge in [0.1, 0.15) is 0 Å². The lowest BCUT2D eigenvalue weighted by Crippen LogP contribution is -2.46. The number of aliphatic hydroxyl groups is 2. The summed E-state index contributed by atoms with van der Waals surface area (Å²) >= 11 is 0. The summed E-state index contributed by atoms with van der Waals surface area (Å²) < 4.78 is 22.0. The minimum absolute atomic E-state index is 0.0465. The fraction of sp³-hybridized carbons (Fsp3) is 0.833. The molecule has 52 heavy (non-hydrogen) atoms. The molecule has 0 bridgehead atoms. The van der Waals surface area contributed by atoms with E-state index in [0.717, 1.165) is 64.2 Å². The topological polar surface area (TPSA) is 151 Å². The summed E-state index contributed by atoms with van der Waals surface area (Å²) in [5.41, 5.74) is 5.34. The number of hydrogen-bond acceptors (Lipinski definition) is 7. The van der Waals surface area contributed by atoms with Crippen LogP contribution in [0, 0.1) is 0 Å². The zero-order chi connectivity index (χ0) is 38.4. The van der Waals surface area contributed by atoms with E-state index in [2.05, 4.69) is 43.5 Å². The van der Waals surface area contributed by atoms with Crippen LogP contribution in [0.4, 0.5) is 0 Å². The molecule has 0 radical (unpaired) electrons. The van der Waals surface area contributed by atoms with Crippen molar-refractivity contribution in [3.8, 4) is 0 Å². The SMILES string of the molecule is CCCCCCCCC/C=C/C(O)C(COP(=O)(O)OCCN)NC(=O)CC(O)CCCCCCC/C=C\C/C=C\CCCCCCCCCCC. The molecule has 0 aliphatic heterocycles. The number of phosphoric acid groups is 1. The Kier molecular flexibility index (Phi) is 37.0. The summed E-state index contributed by atoms with van der Waals surface area (Å²) in [4.78, 5) is 22.7. The van der Waals surface area contributed by atoms with Crippen molar-refractivity contribution in [3.63, 3.8) is 0 Å². The van der Waals surface area contributed by atoms with Gasteiger partial charge in [-0.3, -0.25) is 13.8 Å². The highest BCUT2D eigenvalue weighted by atomic mass is 31.2. The highest BCUT2D eigenvalue weighted by molar-refractivity contribution is 7.47. The second-order valence-electron chi connectivity index (χ2n) is 14.4. The molecule has 0 aliphatic carbocycles. The van der Waals surface area contributed by atoms with Gasteiger partial charge in [0.15, 0.2) is 0 Å². The van der Waals surface area contributed by atoms with Crippen molar-refractivity contribution in [2.24, 2.45) is 5.73 Å². The Morgan fingerprint density at radius 2 is 1.13 bits per heavy atom. The van der Waals surface area contributed by atoms with Gasteiger partial charge in [-0.15, -0.1) is 0 Å². The molecule has 0 spiro atoms. The van der Waals surface area contributed by atoms with Crippen LogP contribution in [0.3, 0.4) is 0 Å². The normalized spacial score (nSPS) is 15.1. The molecule has 4 unspecified atom stereocenters. The van der Waals surface area contributed by atoms with E-state index in [9.17, 15) is 24.5 Å². The van der Waals surface area contributed by atoms with Gasteiger partial charge in [0.05, 0.1) is 37.9 Å². The first-order valence-corrected chi connectivity index (χ1v) is 22.7. The minimum Gasteiger partial charge on any atom is -0.393 e. The van der Waals surface area contributed by atoms with Crippen LogP contribution in [0.2, 0.25) is 0 Å². The van der Waals surface area contributed by atoms with Crippen LogP contribution in [-0.4, -0.2) is 59.0 Å². The third-order valence-electron chi connectivity index (χ3n) is 9.26. The molecule has 0 aromatic carbocycles. The van der Waals surface area contributed by atoms with Gasteiger partial charge < -0.3 is 26.2 Å². The summed E-state index contributed by atoms with van der Waals surface area (Å²) in [5.74, 6) is -0.457. The van der Waals surface area contributed by atoms with Crippen molar-refractivity contribution in [1.29, 1.82) is 0 Å². The number of carbonyl (C=O) groups is 1. The summed E-state index contributed by atoms with van der Waals surface area (Å²) in [6.07, 6.45) is 41.0. The van der Waals surface area contributed by atoms with Crippen LogP contribution < -0.4 is 11.1 Å². The number of allylic oxidation sites excluding steroid dienone is 5. The minimum atomic E-state index is -4.39. The van der Waals surface area contributed by atoms with Crippen LogP contribution in [-0.2, 0) is 18.4 Å². The number of amides is 1. The third kappa shape index (κ3) is 35.7. The zero-order valence-corrected chi connectivity index (χ0v) is 34.3. The molecule has 1 amide bonds. The first kappa shape index (κ1) is 50.7. The molecule has 0 fully saturated rings. The smallest absolute Gasteiger partial charge is 0.393 e. The highest BCUT2D eigenvalue weighted by Crippen LogP contribution is 2.43. The molecule has 0 heterocycles. The van der Waals surface area contributed by atoms with Gasteiger partial charge in [-0.1, -0.05) is 166 Å². The van der Waals surface area contributed by atoms with E-state index in [0.29, 0.717) is 6.42 Å². The maximum atomic E-state index is 12.8. The molecule has 0 saturated carbocycles. The summed E-state index contributed by atoms with van der Waals surface area (Å²) in [6, 6.07) is -0.985. The van der Waals surface area contributed by atoms with E-state index in [1.807, 2.05) is 6.08 Å². The molecule has 0 aromatic rings. The van der Waals surface area contributed by atoms with Gasteiger partial charge in [-0.05, 0) is 51.4 Å². The van der Waals surface area contributed by atoms with Crippen molar-refractivity contribution in [1.82, 2.24) is 5.32 Å². The van der Waals surface area contributed by atoms with Crippen LogP contribution in [0.1, 0.15) is 187 Å². The molecule has 10 heteroatoms. The molecule has 306 valence electrons. The Morgan fingerprint density at radius 1 is 0.673 bits per heavy atom. The molecule has 0 rings (SSSR count). The van der Waals surface area contributed by atoms with Crippen molar-refractivity contribution in [2.45, 2.75) is 205 Å². The average molecular weight is 757 g/mol. The van der Waals surface area contributed by atoms with Crippen LogP contribution in [0.25, 0.3) is 0 Å². The number of aliphatic hydroxyl groups excluding tert-OH is 2. The van der Waals surface area contributed by atoms with E-state index in [1.165, 1.54) is 96.3 Å². The lowest BCUT2D eigenvalue weighted by Gasteiger charge is -2.24. The third-order valence-corrected chi connectivity index (χ3v) is 10.2. The van der Waals surface area contributed by atoms with E-state index in [4.69, 9.17) is 14.8 Å². The maximum Gasteiger partial charge on any atom is 0.472 e. The lowest BCUT2D eigenvalue weighted by molar-refractivity contribution is -0.124. The number of carbonyl (C=O) groups excluding carboxylic acids is 1. The van der Waals surface area contributed by atoms with Gasteiger partial charge in [0.25, 0.3) is 0 Å². The fourth-order valence-corrected chi connectivity index (χ4v) is 6.79. The molecule has 9 nitrogen and oxygen atoms in total. The second kappa shape index (κ2) is 38.0. The number of nitrogens with one attached hydrogen (secondary N) is 1. The Bertz CT molecular complexity index is 930. The van der Waals surface area contributed by atoms with Crippen LogP contribution in [0.15, 0.2) is 36.5 Å². The van der Waals surface area contributed by atoms with Gasteiger partial charge in [0, 0.05) is 6.54 Å². The van der Waals surface area contributed by atoms with E-state index < -0.39 is 38.6 Å². The average Bonchev–Trinajstić information content (AvgIpc) is 3.12. The van der Waals surface area contributed by atoms with Crippen LogP contribution >= 0.6 is 7.82 Å². The first-order chi connectivity index (χ1) is 25.3. The number of hydrogen-bond donors (Lipinski definition) is 5. The molecule has 0 aromatic heterocycles. The predicted molar refractivity (Wildman–Crippen MR) is 218 cm³/mol. The standard InChI is InChI=1S/C42H81N2O7P/c1-3-5-7-9-11-13-14-15-16-17-18-19-20-21-22-23-24-26-27-29-31-33-39(45)37-42(47)44-40(38-51-52(48,49)50-36-35-43)41(46)34-32-30-28-25-12-10-8-6-4-2/h18-19,21-22,32,34,39-41,45-46H,3-17,20,23-31,33,35-38,43H2,1-2H3,(H,44,47)(H,48,49)/b19-18-,22-21-,34-32+. The Labute approximate surface area is 319 Å². The van der Waals surface area contributed by atoms with Crippen LogP contribution in [0.5, 0.6) is 0 Å². The van der Waals surface area contributed by atoms with Crippen molar-refractivity contribution in [2.75, 3.05) is 19.8 Å². The Balaban J connectivity index is 4.22. The number of phosphoric ester groups is 1. The molecule has 4 atom stereocenters. The van der Waals surface area contributed by atoms with Gasteiger partial charge >= 0.3 is 7.82 Å². The zero-order valence-electron chi connectivity index (χ0n) is 33.4. The number of rotatable bonds is 39. The molecule has 0 aliphatic rings. The Morgan fingerprint density at radius 3 is 1.63 bits per heavy atom. The summed E-state index contributed by atoms with van der Waals surface area (Å²) in [7, 11) is -4.39. The number of unbranched alkanes of at least 4 members (excludes halogenated alkanes) is 21. The molecule has 0 saturated heterocycles. The maximum absolute atomic E-state index is 12.8. The Hall–Kier alpha value is -1.32. The highest BCUT2D eigenvalue weighted by Gasteiger charge is 2.27. The molecular weight excluding hydrogens is 675 g/mol. The van der Waals surface area contributed by atoms with Crippen molar-refractivity contribution >= 4 is 13.7 Å². The van der Waals surface area contributed by atoms with E-state index >= 15 is 0 Å². The summed E-state index contributed by atoms with van der Waals surface area (Å²) in [6.45, 7) is 3.92. The van der Waals surface area contributed by atoms with Crippen molar-refractivity contribution in [3.05, 3.63) is 36.5 Å². The largest absolute Gasteiger partial charge is 0.472 e.